The minimum Gasteiger partial charge on any atom is -0.493 e. The average Bonchev–Trinajstić information content (AvgIpc) is 3.05. The quantitative estimate of drug-likeness (QED) is 0.618. The molecule has 2 aromatic carbocycles. The minimum atomic E-state index is -0.161. The number of thiazole rings is 1. The van der Waals surface area contributed by atoms with Crippen LogP contribution in [-0.4, -0.2) is 31.8 Å². The van der Waals surface area contributed by atoms with Crippen LogP contribution in [0.3, 0.4) is 0 Å². The molecule has 1 amide bonds. The van der Waals surface area contributed by atoms with E-state index in [0.29, 0.717) is 23.7 Å². The molecule has 0 aliphatic carbocycles. The molecule has 0 radical (unpaired) electrons. The number of para-hydroxylation sites is 1. The second-order valence-corrected chi connectivity index (χ2v) is 7.10. The standard InChI is InChI=1S/C20H23N3O4S/c1-23-14-7-5-6-8-17(14)28-20(23)22-21-18(24)10-9-13-11-15(25-2)19(27-4)16(12-13)26-3/h5-8,11-12H,9-10H2,1-4H3,(H,21,24)/b22-20+. The van der Waals surface area contributed by atoms with Crippen LogP contribution in [-0.2, 0) is 18.3 Å². The van der Waals surface area contributed by atoms with Gasteiger partial charge < -0.3 is 18.8 Å². The van der Waals surface area contributed by atoms with E-state index in [1.165, 1.54) is 11.3 Å². The van der Waals surface area contributed by atoms with Gasteiger partial charge in [-0.25, -0.2) is 5.43 Å². The number of carbonyl (C=O) groups is 1. The van der Waals surface area contributed by atoms with Crippen LogP contribution in [0.15, 0.2) is 41.5 Å². The van der Waals surface area contributed by atoms with Crippen molar-refractivity contribution in [2.45, 2.75) is 12.8 Å². The lowest BCUT2D eigenvalue weighted by atomic mass is 10.1. The van der Waals surface area contributed by atoms with Crippen molar-refractivity contribution in [3.8, 4) is 17.2 Å². The molecule has 0 bridgehead atoms. The van der Waals surface area contributed by atoms with Crippen molar-refractivity contribution in [1.82, 2.24) is 9.99 Å². The minimum absolute atomic E-state index is 0.161. The van der Waals surface area contributed by atoms with Crippen LogP contribution < -0.4 is 24.4 Å². The molecule has 0 aliphatic heterocycles. The van der Waals surface area contributed by atoms with Crippen molar-refractivity contribution in [1.29, 1.82) is 0 Å². The van der Waals surface area contributed by atoms with Crippen LogP contribution in [0.2, 0.25) is 0 Å². The van der Waals surface area contributed by atoms with Gasteiger partial charge in [-0.15, -0.1) is 5.10 Å². The molecule has 1 heterocycles. The number of rotatable bonds is 7. The zero-order valence-electron chi connectivity index (χ0n) is 16.3. The molecule has 3 rings (SSSR count). The van der Waals surface area contributed by atoms with Gasteiger partial charge in [-0.05, 0) is 36.2 Å². The van der Waals surface area contributed by atoms with Crippen molar-refractivity contribution >= 4 is 27.5 Å². The van der Waals surface area contributed by atoms with E-state index in [9.17, 15) is 4.79 Å². The summed E-state index contributed by atoms with van der Waals surface area (Å²) in [5.74, 6) is 1.51. The number of hydrogen-bond acceptors (Lipinski definition) is 6. The molecule has 1 aromatic heterocycles. The van der Waals surface area contributed by atoms with E-state index in [1.807, 2.05) is 48.0 Å². The summed E-state index contributed by atoms with van der Waals surface area (Å²) in [7, 11) is 6.62. The van der Waals surface area contributed by atoms with E-state index in [1.54, 1.807) is 21.3 Å². The number of nitrogens with one attached hydrogen (secondary N) is 1. The second kappa shape index (κ2) is 8.79. The summed E-state index contributed by atoms with van der Waals surface area (Å²) in [5, 5.41) is 4.26. The van der Waals surface area contributed by atoms with Gasteiger partial charge in [-0.2, -0.15) is 0 Å². The Hall–Kier alpha value is -3.00. The van der Waals surface area contributed by atoms with Gasteiger partial charge >= 0.3 is 0 Å². The maximum atomic E-state index is 12.3. The smallest absolute Gasteiger partial charge is 0.240 e. The zero-order chi connectivity index (χ0) is 20.1. The first-order valence-corrected chi connectivity index (χ1v) is 9.55. The fraction of sp³-hybridized carbons (Fsp3) is 0.300. The SMILES string of the molecule is COc1cc(CCC(=O)N/N=c2/sc3ccccc3n2C)cc(OC)c1OC. The Labute approximate surface area is 167 Å². The summed E-state index contributed by atoms with van der Waals surface area (Å²) in [6.07, 6.45) is 0.813. The van der Waals surface area contributed by atoms with E-state index in [-0.39, 0.29) is 12.3 Å². The summed E-state index contributed by atoms with van der Waals surface area (Å²) in [5.41, 5.74) is 4.63. The van der Waals surface area contributed by atoms with Crippen molar-refractivity contribution in [3.63, 3.8) is 0 Å². The summed E-state index contributed by atoms with van der Waals surface area (Å²) in [6, 6.07) is 11.7. The number of hydrogen-bond donors (Lipinski definition) is 1. The normalized spacial score (nSPS) is 11.5. The number of aryl methyl sites for hydroxylation is 2. The third kappa shape index (κ3) is 4.12. The highest BCUT2D eigenvalue weighted by Crippen LogP contribution is 2.38. The number of nitrogens with zero attached hydrogens (tertiary/aromatic N) is 2. The Morgan fingerprint density at radius 1 is 1.11 bits per heavy atom. The Kier molecular flexibility index (Phi) is 6.20. The third-order valence-corrected chi connectivity index (χ3v) is 5.47. The summed E-state index contributed by atoms with van der Waals surface area (Å²) < 4.78 is 19.1. The largest absolute Gasteiger partial charge is 0.493 e. The molecule has 8 heteroatoms. The highest BCUT2D eigenvalue weighted by atomic mass is 32.1. The molecule has 1 N–H and O–H groups in total. The molecule has 0 saturated carbocycles. The molecule has 148 valence electrons. The highest BCUT2D eigenvalue weighted by Gasteiger charge is 2.14. The molecule has 0 atom stereocenters. The van der Waals surface area contributed by atoms with E-state index >= 15 is 0 Å². The van der Waals surface area contributed by atoms with Crippen molar-refractivity contribution in [2.24, 2.45) is 12.1 Å². The molecule has 0 saturated heterocycles. The molecule has 3 aromatic rings. The number of methoxy groups -OCH3 is 3. The number of benzene rings is 2. The zero-order valence-corrected chi connectivity index (χ0v) is 17.1. The van der Waals surface area contributed by atoms with Gasteiger partial charge in [-0.3, -0.25) is 4.79 Å². The van der Waals surface area contributed by atoms with Gasteiger partial charge in [0, 0.05) is 13.5 Å². The molecule has 0 unspecified atom stereocenters. The van der Waals surface area contributed by atoms with Crippen LogP contribution in [0.5, 0.6) is 17.2 Å². The predicted molar refractivity (Wildman–Crippen MR) is 109 cm³/mol. The van der Waals surface area contributed by atoms with Gasteiger partial charge in [0.1, 0.15) is 0 Å². The number of fused-ring (bicyclic) bond motifs is 1. The van der Waals surface area contributed by atoms with Crippen LogP contribution in [0.1, 0.15) is 12.0 Å². The highest BCUT2D eigenvalue weighted by molar-refractivity contribution is 7.16. The second-order valence-electron chi connectivity index (χ2n) is 6.09. The Morgan fingerprint density at radius 3 is 2.39 bits per heavy atom. The monoisotopic (exact) mass is 401 g/mol. The first-order valence-electron chi connectivity index (χ1n) is 8.73. The molecule has 0 aliphatic rings. The summed E-state index contributed by atoms with van der Waals surface area (Å²) in [6.45, 7) is 0. The number of amides is 1. The Morgan fingerprint density at radius 2 is 1.79 bits per heavy atom. The van der Waals surface area contributed by atoms with Gasteiger partial charge in [0.2, 0.25) is 16.5 Å². The van der Waals surface area contributed by atoms with Crippen LogP contribution in [0.4, 0.5) is 0 Å². The Bertz CT molecular complexity index is 1030. The molecular weight excluding hydrogens is 378 g/mol. The van der Waals surface area contributed by atoms with Crippen molar-refractivity contribution in [3.05, 3.63) is 46.8 Å². The lowest BCUT2D eigenvalue weighted by molar-refractivity contribution is -0.121. The topological polar surface area (TPSA) is 74.1 Å². The van der Waals surface area contributed by atoms with Gasteiger partial charge in [0.25, 0.3) is 0 Å². The number of aromatic nitrogens is 1. The van der Waals surface area contributed by atoms with Gasteiger partial charge in [0.15, 0.2) is 11.5 Å². The third-order valence-electron chi connectivity index (χ3n) is 4.36. The van der Waals surface area contributed by atoms with Crippen LogP contribution in [0, 0.1) is 0 Å². The van der Waals surface area contributed by atoms with Gasteiger partial charge in [-0.1, -0.05) is 23.5 Å². The van der Waals surface area contributed by atoms with Gasteiger partial charge in [0.05, 0.1) is 31.5 Å². The van der Waals surface area contributed by atoms with Crippen molar-refractivity contribution in [2.75, 3.05) is 21.3 Å². The lowest BCUT2D eigenvalue weighted by Gasteiger charge is -2.13. The fourth-order valence-electron chi connectivity index (χ4n) is 2.89. The molecule has 0 fully saturated rings. The maximum Gasteiger partial charge on any atom is 0.240 e. The molecule has 28 heavy (non-hydrogen) atoms. The number of ether oxygens (including phenoxy) is 3. The lowest BCUT2D eigenvalue weighted by Crippen LogP contribution is -2.23. The van der Waals surface area contributed by atoms with E-state index in [2.05, 4.69) is 10.5 Å². The first-order chi connectivity index (χ1) is 13.6. The fourth-order valence-corrected chi connectivity index (χ4v) is 3.87. The molecule has 0 spiro atoms. The van der Waals surface area contributed by atoms with E-state index < -0.39 is 0 Å². The Balaban J connectivity index is 1.69. The van der Waals surface area contributed by atoms with Crippen molar-refractivity contribution < 1.29 is 19.0 Å². The van der Waals surface area contributed by atoms with E-state index in [4.69, 9.17) is 14.2 Å². The van der Waals surface area contributed by atoms with E-state index in [0.717, 1.165) is 20.6 Å². The first kappa shape index (κ1) is 19.8. The molecular formula is C20H23N3O4S. The molecule has 7 nitrogen and oxygen atoms in total. The summed E-state index contributed by atoms with van der Waals surface area (Å²) in [4.78, 5) is 13.0. The summed E-state index contributed by atoms with van der Waals surface area (Å²) >= 11 is 1.53. The predicted octanol–water partition coefficient (Wildman–Crippen LogP) is 2.83. The van der Waals surface area contributed by atoms with Crippen LogP contribution >= 0.6 is 11.3 Å². The average molecular weight is 401 g/mol. The maximum absolute atomic E-state index is 12.3. The van der Waals surface area contributed by atoms with Crippen LogP contribution in [0.25, 0.3) is 10.2 Å². The number of carbonyl (C=O) groups excluding carboxylic acids is 1.